The van der Waals surface area contributed by atoms with Gasteiger partial charge in [0.1, 0.15) is 17.2 Å². The van der Waals surface area contributed by atoms with Gasteiger partial charge in [0.2, 0.25) is 0 Å². The molecule has 0 aliphatic carbocycles. The molecular weight excluding hydrogens is 254 g/mol. The van der Waals surface area contributed by atoms with E-state index in [1.807, 2.05) is 18.2 Å². The fraction of sp³-hybridized carbons (Fsp3) is 0.250. The first-order valence-corrected chi connectivity index (χ1v) is 6.53. The summed E-state index contributed by atoms with van der Waals surface area (Å²) in [6.45, 7) is 1.38. The zero-order valence-corrected chi connectivity index (χ0v) is 11.5. The summed E-state index contributed by atoms with van der Waals surface area (Å²) in [5, 5.41) is 22.2. The molecule has 0 amide bonds. The van der Waals surface area contributed by atoms with Gasteiger partial charge < -0.3 is 20.3 Å². The van der Waals surface area contributed by atoms with E-state index in [1.165, 1.54) is 0 Å². The molecule has 0 fully saturated rings. The Bertz CT molecular complexity index is 552. The van der Waals surface area contributed by atoms with Gasteiger partial charge in [-0.3, -0.25) is 0 Å². The third-order valence-corrected chi connectivity index (χ3v) is 3.13. The highest BCUT2D eigenvalue weighted by Gasteiger charge is 2.03. The number of aromatic hydroxyl groups is 2. The first-order valence-electron chi connectivity index (χ1n) is 6.53. The monoisotopic (exact) mass is 273 g/mol. The molecule has 2 rings (SSSR count). The maximum absolute atomic E-state index is 9.75. The van der Waals surface area contributed by atoms with Gasteiger partial charge in [-0.1, -0.05) is 12.1 Å². The molecule has 0 unspecified atom stereocenters. The summed E-state index contributed by atoms with van der Waals surface area (Å²) in [5.41, 5.74) is 1.97. The number of phenols is 2. The van der Waals surface area contributed by atoms with E-state index < -0.39 is 0 Å². The van der Waals surface area contributed by atoms with Crippen molar-refractivity contribution < 1.29 is 14.9 Å². The Morgan fingerprint density at radius 3 is 2.50 bits per heavy atom. The Balaban J connectivity index is 1.82. The number of methoxy groups -OCH3 is 1. The maximum atomic E-state index is 9.75. The van der Waals surface area contributed by atoms with Gasteiger partial charge in [0.05, 0.1) is 7.11 Å². The first-order chi connectivity index (χ1) is 9.69. The lowest BCUT2D eigenvalue weighted by Crippen LogP contribution is -2.16. The number of rotatable bonds is 6. The maximum Gasteiger partial charge on any atom is 0.120 e. The van der Waals surface area contributed by atoms with Crippen LogP contribution in [0.1, 0.15) is 11.1 Å². The van der Waals surface area contributed by atoms with E-state index in [2.05, 4.69) is 5.32 Å². The summed E-state index contributed by atoms with van der Waals surface area (Å²) in [7, 11) is 1.61. The minimum Gasteiger partial charge on any atom is -0.508 e. The summed E-state index contributed by atoms with van der Waals surface area (Å²) in [6, 6.07) is 12.4. The smallest absolute Gasteiger partial charge is 0.120 e. The van der Waals surface area contributed by atoms with Crippen LogP contribution in [0.15, 0.2) is 42.5 Å². The Hall–Kier alpha value is -2.20. The molecule has 0 aliphatic heterocycles. The van der Waals surface area contributed by atoms with E-state index in [0.717, 1.165) is 29.8 Å². The molecule has 0 aliphatic rings. The number of nitrogens with one attached hydrogen (secondary N) is 1. The molecule has 0 aromatic heterocycles. The fourth-order valence-electron chi connectivity index (χ4n) is 1.95. The van der Waals surface area contributed by atoms with Crippen molar-refractivity contribution in [1.29, 1.82) is 0 Å². The van der Waals surface area contributed by atoms with Crippen molar-refractivity contribution in [2.24, 2.45) is 0 Å². The van der Waals surface area contributed by atoms with Crippen LogP contribution in [0.4, 0.5) is 0 Å². The minimum absolute atomic E-state index is 0.267. The van der Waals surface area contributed by atoms with Crippen LogP contribution in [0.2, 0.25) is 0 Å². The number of benzene rings is 2. The summed E-state index contributed by atoms with van der Waals surface area (Å²) < 4.78 is 5.13. The molecular formula is C16H19NO3. The second-order valence-electron chi connectivity index (χ2n) is 4.59. The van der Waals surface area contributed by atoms with Crippen LogP contribution in [-0.2, 0) is 13.0 Å². The highest BCUT2D eigenvalue weighted by molar-refractivity contribution is 5.39. The Morgan fingerprint density at radius 1 is 1.05 bits per heavy atom. The topological polar surface area (TPSA) is 61.7 Å². The summed E-state index contributed by atoms with van der Waals surface area (Å²) in [6.07, 6.45) is 0.866. The standard InChI is InChI=1S/C16H19NO3/c1-20-15-6-7-16(19)13(10-15)11-17-9-8-12-2-4-14(18)5-3-12/h2-7,10,17-19H,8-9,11H2,1H3. The van der Waals surface area contributed by atoms with E-state index in [4.69, 9.17) is 4.74 Å². The summed E-state index contributed by atoms with van der Waals surface area (Å²) in [5.74, 6) is 1.28. The summed E-state index contributed by atoms with van der Waals surface area (Å²) in [4.78, 5) is 0. The number of ether oxygens (including phenoxy) is 1. The average Bonchev–Trinajstić information content (AvgIpc) is 2.47. The van der Waals surface area contributed by atoms with Crippen molar-refractivity contribution in [3.63, 3.8) is 0 Å². The van der Waals surface area contributed by atoms with Crippen molar-refractivity contribution in [2.75, 3.05) is 13.7 Å². The lowest BCUT2D eigenvalue weighted by atomic mass is 10.1. The number of hydrogen-bond donors (Lipinski definition) is 3. The van der Waals surface area contributed by atoms with Gasteiger partial charge in [0.15, 0.2) is 0 Å². The first kappa shape index (κ1) is 14.2. The zero-order chi connectivity index (χ0) is 14.4. The van der Waals surface area contributed by atoms with E-state index in [0.29, 0.717) is 6.54 Å². The molecule has 4 nitrogen and oxygen atoms in total. The average molecular weight is 273 g/mol. The zero-order valence-electron chi connectivity index (χ0n) is 11.5. The largest absolute Gasteiger partial charge is 0.508 e. The lowest BCUT2D eigenvalue weighted by Gasteiger charge is -2.09. The summed E-state index contributed by atoms with van der Waals surface area (Å²) >= 11 is 0. The second-order valence-corrected chi connectivity index (χ2v) is 4.59. The SMILES string of the molecule is COc1ccc(O)c(CNCCc2ccc(O)cc2)c1. The van der Waals surface area contributed by atoms with Crippen molar-refractivity contribution >= 4 is 0 Å². The molecule has 0 heterocycles. The predicted molar refractivity (Wildman–Crippen MR) is 78.2 cm³/mol. The molecule has 106 valence electrons. The van der Waals surface area contributed by atoms with Crippen LogP contribution in [0, 0.1) is 0 Å². The molecule has 4 heteroatoms. The minimum atomic E-state index is 0.267. The molecule has 0 saturated carbocycles. The van der Waals surface area contributed by atoms with E-state index >= 15 is 0 Å². The number of phenolic OH excluding ortho intramolecular Hbond substituents is 2. The highest BCUT2D eigenvalue weighted by Crippen LogP contribution is 2.22. The molecule has 3 N–H and O–H groups in total. The van der Waals surface area contributed by atoms with Crippen molar-refractivity contribution in [1.82, 2.24) is 5.32 Å². The van der Waals surface area contributed by atoms with Gasteiger partial charge in [-0.15, -0.1) is 0 Å². The molecule has 0 saturated heterocycles. The Kier molecular flexibility index (Phi) is 4.85. The lowest BCUT2D eigenvalue weighted by molar-refractivity contribution is 0.410. The van der Waals surface area contributed by atoms with Gasteiger partial charge in [-0.2, -0.15) is 0 Å². The van der Waals surface area contributed by atoms with Gasteiger partial charge in [0.25, 0.3) is 0 Å². The third-order valence-electron chi connectivity index (χ3n) is 3.13. The van der Waals surface area contributed by atoms with Crippen molar-refractivity contribution in [2.45, 2.75) is 13.0 Å². The molecule has 2 aromatic carbocycles. The van der Waals surface area contributed by atoms with Crippen LogP contribution in [0.3, 0.4) is 0 Å². The number of hydrogen-bond acceptors (Lipinski definition) is 4. The van der Waals surface area contributed by atoms with Crippen molar-refractivity contribution in [3.05, 3.63) is 53.6 Å². The van der Waals surface area contributed by atoms with Crippen LogP contribution >= 0.6 is 0 Å². The Morgan fingerprint density at radius 2 is 1.80 bits per heavy atom. The quantitative estimate of drug-likeness (QED) is 0.707. The van der Waals surface area contributed by atoms with Gasteiger partial charge >= 0.3 is 0 Å². The fourth-order valence-corrected chi connectivity index (χ4v) is 1.95. The van der Waals surface area contributed by atoms with E-state index in [-0.39, 0.29) is 11.5 Å². The molecule has 20 heavy (non-hydrogen) atoms. The van der Waals surface area contributed by atoms with Crippen LogP contribution in [-0.4, -0.2) is 23.9 Å². The molecule has 0 radical (unpaired) electrons. The Labute approximate surface area is 118 Å². The van der Waals surface area contributed by atoms with Crippen LogP contribution < -0.4 is 10.1 Å². The van der Waals surface area contributed by atoms with Gasteiger partial charge in [-0.25, -0.2) is 0 Å². The van der Waals surface area contributed by atoms with E-state index in [9.17, 15) is 10.2 Å². The van der Waals surface area contributed by atoms with Crippen LogP contribution in [0.5, 0.6) is 17.2 Å². The highest BCUT2D eigenvalue weighted by atomic mass is 16.5. The normalized spacial score (nSPS) is 10.4. The third kappa shape index (κ3) is 3.90. The van der Waals surface area contributed by atoms with Gasteiger partial charge in [0, 0.05) is 12.1 Å². The van der Waals surface area contributed by atoms with E-state index in [1.54, 1.807) is 31.4 Å². The molecule has 2 aromatic rings. The molecule has 0 bridgehead atoms. The van der Waals surface area contributed by atoms with Crippen molar-refractivity contribution in [3.8, 4) is 17.2 Å². The predicted octanol–water partition coefficient (Wildman–Crippen LogP) is 2.44. The van der Waals surface area contributed by atoms with Crippen LogP contribution in [0.25, 0.3) is 0 Å². The molecule has 0 atom stereocenters. The molecule has 0 spiro atoms. The second kappa shape index (κ2) is 6.82. The van der Waals surface area contributed by atoms with Gasteiger partial charge in [-0.05, 0) is 48.9 Å².